The van der Waals surface area contributed by atoms with Crippen molar-refractivity contribution in [2.75, 3.05) is 12.0 Å². The summed E-state index contributed by atoms with van der Waals surface area (Å²) in [6, 6.07) is 14.3. The molecule has 0 N–H and O–H groups in total. The largest absolute Gasteiger partial charge is 0.497 e. The number of anilines is 1. The maximum atomic E-state index is 12.6. The quantitative estimate of drug-likeness (QED) is 0.790. The van der Waals surface area contributed by atoms with Crippen molar-refractivity contribution < 1.29 is 14.3 Å². The van der Waals surface area contributed by atoms with Gasteiger partial charge in [-0.2, -0.15) is 0 Å². The van der Waals surface area contributed by atoms with Gasteiger partial charge in [0.25, 0.3) is 0 Å². The normalized spacial score (nSPS) is 17.7. The molecule has 0 spiro atoms. The molecule has 1 aliphatic rings. The lowest BCUT2D eigenvalue weighted by Crippen LogP contribution is -2.31. The summed E-state index contributed by atoms with van der Waals surface area (Å²) >= 11 is 7.49. The van der Waals surface area contributed by atoms with E-state index in [2.05, 4.69) is 0 Å². The highest BCUT2D eigenvalue weighted by Gasteiger charge is 2.40. The Morgan fingerprint density at radius 2 is 1.83 bits per heavy atom. The molecule has 0 aromatic heterocycles. The van der Waals surface area contributed by atoms with Crippen molar-refractivity contribution in [1.29, 1.82) is 0 Å². The van der Waals surface area contributed by atoms with Gasteiger partial charge in [-0.05, 0) is 36.4 Å². The molecule has 1 aliphatic heterocycles. The first kappa shape index (κ1) is 15.9. The van der Waals surface area contributed by atoms with E-state index in [1.807, 2.05) is 24.3 Å². The molecule has 3 rings (SSSR count). The van der Waals surface area contributed by atoms with Crippen LogP contribution in [-0.4, -0.2) is 24.2 Å². The number of hydrogen-bond acceptors (Lipinski definition) is 4. The minimum Gasteiger partial charge on any atom is -0.497 e. The number of para-hydroxylation sites is 1. The molecular formula is C17H14ClNO3S. The lowest BCUT2D eigenvalue weighted by atomic mass is 10.3. The summed E-state index contributed by atoms with van der Waals surface area (Å²) in [6.07, 6.45) is 0.167. The molecule has 0 bridgehead atoms. The molecule has 1 atom stereocenters. The van der Waals surface area contributed by atoms with Crippen LogP contribution in [0.4, 0.5) is 5.69 Å². The summed E-state index contributed by atoms with van der Waals surface area (Å²) in [4.78, 5) is 26.9. The molecule has 2 amide bonds. The molecule has 23 heavy (non-hydrogen) atoms. The minimum atomic E-state index is -0.438. The number of carbonyl (C=O) groups is 2. The van der Waals surface area contributed by atoms with Crippen LogP contribution in [-0.2, 0) is 9.59 Å². The second-order valence-corrected chi connectivity index (χ2v) is 6.69. The van der Waals surface area contributed by atoms with E-state index in [1.54, 1.807) is 31.4 Å². The third kappa shape index (κ3) is 3.21. The number of rotatable bonds is 4. The average Bonchev–Trinajstić information content (AvgIpc) is 2.83. The summed E-state index contributed by atoms with van der Waals surface area (Å²) < 4.78 is 5.11. The van der Waals surface area contributed by atoms with E-state index in [-0.39, 0.29) is 18.2 Å². The Balaban J connectivity index is 1.79. The first-order valence-electron chi connectivity index (χ1n) is 7.02. The fraction of sp³-hybridized carbons (Fsp3) is 0.176. The summed E-state index contributed by atoms with van der Waals surface area (Å²) in [6.45, 7) is 0. The van der Waals surface area contributed by atoms with Crippen molar-refractivity contribution in [2.24, 2.45) is 0 Å². The second-order valence-electron chi connectivity index (χ2n) is 5.00. The smallest absolute Gasteiger partial charge is 0.247 e. The number of ether oxygens (including phenoxy) is 1. The number of halogens is 1. The van der Waals surface area contributed by atoms with Gasteiger partial charge in [0.1, 0.15) is 5.75 Å². The molecule has 4 nitrogen and oxygen atoms in total. The highest BCUT2D eigenvalue weighted by molar-refractivity contribution is 8.00. The topological polar surface area (TPSA) is 46.6 Å². The van der Waals surface area contributed by atoms with Crippen LogP contribution in [0.15, 0.2) is 53.4 Å². The van der Waals surface area contributed by atoms with Gasteiger partial charge in [-0.3, -0.25) is 9.59 Å². The van der Waals surface area contributed by atoms with Crippen molar-refractivity contribution in [1.82, 2.24) is 0 Å². The van der Waals surface area contributed by atoms with Gasteiger partial charge in [0.05, 0.1) is 23.1 Å². The predicted octanol–water partition coefficient (Wildman–Crippen LogP) is 3.77. The van der Waals surface area contributed by atoms with Crippen molar-refractivity contribution in [3.05, 3.63) is 53.6 Å². The van der Waals surface area contributed by atoms with E-state index < -0.39 is 5.25 Å². The van der Waals surface area contributed by atoms with Crippen LogP contribution >= 0.6 is 23.4 Å². The molecule has 2 aromatic rings. The van der Waals surface area contributed by atoms with Crippen LogP contribution in [0.1, 0.15) is 6.42 Å². The molecule has 2 aromatic carbocycles. The van der Waals surface area contributed by atoms with Crippen molar-refractivity contribution >= 4 is 40.9 Å². The first-order chi connectivity index (χ1) is 11.1. The summed E-state index contributed by atoms with van der Waals surface area (Å²) in [5, 5.41) is -0.0449. The van der Waals surface area contributed by atoms with Gasteiger partial charge in [-0.15, -0.1) is 11.8 Å². The molecule has 0 saturated carbocycles. The minimum absolute atomic E-state index is 0.167. The van der Waals surface area contributed by atoms with Crippen LogP contribution in [0.3, 0.4) is 0 Å². The van der Waals surface area contributed by atoms with Crippen LogP contribution in [0, 0.1) is 0 Å². The number of benzene rings is 2. The molecule has 118 valence electrons. The fourth-order valence-corrected chi connectivity index (χ4v) is 3.67. The fourth-order valence-electron chi connectivity index (χ4n) is 2.40. The molecule has 1 heterocycles. The lowest BCUT2D eigenvalue weighted by Gasteiger charge is -2.16. The summed E-state index contributed by atoms with van der Waals surface area (Å²) in [5.74, 6) is 0.291. The zero-order valence-electron chi connectivity index (χ0n) is 12.4. The molecule has 0 radical (unpaired) electrons. The van der Waals surface area contributed by atoms with Gasteiger partial charge >= 0.3 is 0 Å². The Kier molecular flexibility index (Phi) is 4.59. The first-order valence-corrected chi connectivity index (χ1v) is 8.28. The average molecular weight is 348 g/mol. The van der Waals surface area contributed by atoms with Gasteiger partial charge in [0.15, 0.2) is 0 Å². The summed E-state index contributed by atoms with van der Waals surface area (Å²) in [5.41, 5.74) is 0.446. The zero-order valence-corrected chi connectivity index (χ0v) is 13.9. The summed E-state index contributed by atoms with van der Waals surface area (Å²) in [7, 11) is 1.60. The van der Waals surface area contributed by atoms with E-state index in [0.717, 1.165) is 10.6 Å². The second kappa shape index (κ2) is 6.64. The third-order valence-electron chi connectivity index (χ3n) is 3.54. The van der Waals surface area contributed by atoms with Crippen LogP contribution in [0.2, 0.25) is 5.02 Å². The Bertz CT molecular complexity index is 748. The van der Waals surface area contributed by atoms with Crippen LogP contribution < -0.4 is 9.64 Å². The maximum absolute atomic E-state index is 12.6. The number of hydrogen-bond donors (Lipinski definition) is 0. The number of imide groups is 1. The number of carbonyl (C=O) groups excluding carboxylic acids is 2. The molecule has 1 saturated heterocycles. The number of nitrogens with zero attached hydrogens (tertiary/aromatic N) is 1. The maximum Gasteiger partial charge on any atom is 0.247 e. The highest BCUT2D eigenvalue weighted by atomic mass is 35.5. The Morgan fingerprint density at radius 1 is 1.13 bits per heavy atom. The van der Waals surface area contributed by atoms with Crippen molar-refractivity contribution in [3.63, 3.8) is 0 Å². The lowest BCUT2D eigenvalue weighted by molar-refractivity contribution is -0.121. The Morgan fingerprint density at radius 3 is 2.48 bits per heavy atom. The molecule has 1 unspecified atom stereocenters. The van der Waals surface area contributed by atoms with Gasteiger partial charge in [-0.1, -0.05) is 23.7 Å². The molecule has 0 aliphatic carbocycles. The standard InChI is InChI=1S/C17H14ClNO3S/c1-22-11-6-8-12(9-7-11)23-15-10-16(20)19(17(15)21)14-5-3-2-4-13(14)18/h2-9,15H,10H2,1H3. The van der Waals surface area contributed by atoms with E-state index >= 15 is 0 Å². The van der Waals surface area contributed by atoms with Crippen LogP contribution in [0.25, 0.3) is 0 Å². The number of thioether (sulfide) groups is 1. The van der Waals surface area contributed by atoms with Gasteiger partial charge in [0, 0.05) is 11.3 Å². The Hall–Kier alpha value is -1.98. The molecule has 6 heteroatoms. The van der Waals surface area contributed by atoms with E-state index in [0.29, 0.717) is 10.7 Å². The van der Waals surface area contributed by atoms with E-state index in [9.17, 15) is 9.59 Å². The van der Waals surface area contributed by atoms with Crippen molar-refractivity contribution in [3.8, 4) is 5.75 Å². The SMILES string of the molecule is COc1ccc(SC2CC(=O)N(c3ccccc3Cl)C2=O)cc1. The predicted molar refractivity (Wildman–Crippen MR) is 91.2 cm³/mol. The zero-order chi connectivity index (χ0) is 16.4. The van der Waals surface area contributed by atoms with E-state index in [4.69, 9.17) is 16.3 Å². The van der Waals surface area contributed by atoms with E-state index in [1.165, 1.54) is 16.7 Å². The van der Waals surface area contributed by atoms with Gasteiger partial charge in [-0.25, -0.2) is 4.90 Å². The molecular weight excluding hydrogens is 334 g/mol. The third-order valence-corrected chi connectivity index (χ3v) is 5.05. The van der Waals surface area contributed by atoms with Gasteiger partial charge < -0.3 is 4.74 Å². The Labute approximate surface area is 143 Å². The monoisotopic (exact) mass is 347 g/mol. The van der Waals surface area contributed by atoms with Crippen LogP contribution in [0.5, 0.6) is 5.75 Å². The molecule has 1 fully saturated rings. The highest BCUT2D eigenvalue weighted by Crippen LogP contribution is 2.36. The van der Waals surface area contributed by atoms with Gasteiger partial charge in [0.2, 0.25) is 11.8 Å². The van der Waals surface area contributed by atoms with Crippen molar-refractivity contribution in [2.45, 2.75) is 16.6 Å². The number of amides is 2. The number of methoxy groups -OCH3 is 1.